The van der Waals surface area contributed by atoms with E-state index >= 15 is 0 Å². The highest BCUT2D eigenvalue weighted by molar-refractivity contribution is 6.68. The van der Waals surface area contributed by atoms with Crippen molar-refractivity contribution >= 4 is 69.2 Å². The van der Waals surface area contributed by atoms with Gasteiger partial charge in [0.05, 0.1) is 28.0 Å². The standard InChI is InChI=1S/C12H5Cl3FNO2.C12H6Cl2FNO3/c13-6-1-2-9(14)10(3-6)19-12-8(11(15)18)4-7(16)5-17-12;13-6-1-2-9(14)10(3-6)19-11-8(12(17)18)4-7(15)5-16-11/h1-5H;1-5H,(H,17,18). The molecule has 0 saturated carbocycles. The summed E-state index contributed by atoms with van der Waals surface area (Å²) in [5.74, 6) is -2.93. The minimum absolute atomic E-state index is 0.135. The van der Waals surface area contributed by atoms with Crippen molar-refractivity contribution in [2.75, 3.05) is 0 Å². The van der Waals surface area contributed by atoms with Crippen LogP contribution in [0.1, 0.15) is 20.7 Å². The molecule has 0 atom stereocenters. The number of aromatic nitrogens is 2. The van der Waals surface area contributed by atoms with Gasteiger partial charge in [-0.25, -0.2) is 23.5 Å². The maximum absolute atomic E-state index is 13.0. The summed E-state index contributed by atoms with van der Waals surface area (Å²) >= 11 is 28.7. The van der Waals surface area contributed by atoms with Crippen molar-refractivity contribution in [3.05, 3.63) is 104 Å². The Morgan fingerprint density at radius 1 is 0.711 bits per heavy atom. The Morgan fingerprint density at radius 3 is 1.55 bits per heavy atom. The Balaban J connectivity index is 0.000000211. The Labute approximate surface area is 238 Å². The van der Waals surface area contributed by atoms with Gasteiger partial charge in [0.25, 0.3) is 5.24 Å². The number of nitrogens with zero attached hydrogens (tertiary/aromatic N) is 2. The van der Waals surface area contributed by atoms with Crippen molar-refractivity contribution < 1.29 is 33.0 Å². The zero-order chi connectivity index (χ0) is 28.0. The number of carboxylic acid groups (broad SMARTS) is 1. The quantitative estimate of drug-likeness (QED) is 0.215. The van der Waals surface area contributed by atoms with Gasteiger partial charge in [-0.1, -0.05) is 46.4 Å². The fraction of sp³-hybridized carbons (Fsp3) is 0. The van der Waals surface area contributed by atoms with Gasteiger partial charge < -0.3 is 14.6 Å². The fourth-order valence-electron chi connectivity index (χ4n) is 2.63. The smallest absolute Gasteiger partial charge is 0.341 e. The number of carbonyl (C=O) groups excluding carboxylic acids is 1. The predicted molar refractivity (Wildman–Crippen MR) is 139 cm³/mol. The number of carbonyl (C=O) groups is 2. The van der Waals surface area contributed by atoms with Gasteiger partial charge in [0.2, 0.25) is 11.8 Å². The van der Waals surface area contributed by atoms with Crippen LogP contribution in [-0.4, -0.2) is 26.3 Å². The fourth-order valence-corrected chi connectivity index (χ4v) is 3.40. The van der Waals surface area contributed by atoms with Gasteiger partial charge in [-0.15, -0.1) is 0 Å². The Hall–Kier alpha value is -3.21. The number of ether oxygens (including phenoxy) is 2. The first-order valence-electron chi connectivity index (χ1n) is 9.94. The summed E-state index contributed by atoms with van der Waals surface area (Å²) < 4.78 is 36.6. The molecule has 2 aromatic carbocycles. The van der Waals surface area contributed by atoms with Gasteiger partial charge in [-0.2, -0.15) is 0 Å². The predicted octanol–water partition coefficient (Wildman–Crippen LogP) is 8.72. The molecule has 0 aliphatic rings. The molecule has 7 nitrogen and oxygen atoms in total. The molecule has 14 heteroatoms. The number of carboxylic acids is 1. The zero-order valence-corrected chi connectivity index (χ0v) is 22.2. The second kappa shape index (κ2) is 13.0. The SMILES string of the molecule is O=C(Cl)c1cc(F)cnc1Oc1cc(Cl)ccc1Cl.O=C(O)c1cc(F)cnc1Oc1cc(Cl)ccc1Cl. The number of rotatable bonds is 6. The highest BCUT2D eigenvalue weighted by Gasteiger charge is 2.17. The number of halogens is 7. The monoisotopic (exact) mass is 620 g/mol. The van der Waals surface area contributed by atoms with E-state index in [1.165, 1.54) is 24.3 Å². The molecule has 0 saturated heterocycles. The summed E-state index contributed by atoms with van der Waals surface area (Å²) in [6.45, 7) is 0. The summed E-state index contributed by atoms with van der Waals surface area (Å²) in [7, 11) is 0. The molecule has 0 spiro atoms. The van der Waals surface area contributed by atoms with Crippen molar-refractivity contribution in [1.29, 1.82) is 0 Å². The summed E-state index contributed by atoms with van der Waals surface area (Å²) in [5, 5.41) is 9.30. The second-order valence-electron chi connectivity index (χ2n) is 6.94. The van der Waals surface area contributed by atoms with Gasteiger partial charge in [0.15, 0.2) is 0 Å². The molecule has 196 valence electrons. The van der Waals surface area contributed by atoms with Crippen LogP contribution in [0.4, 0.5) is 8.78 Å². The minimum atomic E-state index is -1.36. The molecule has 0 fully saturated rings. The lowest BCUT2D eigenvalue weighted by Gasteiger charge is -2.09. The van der Waals surface area contributed by atoms with E-state index in [9.17, 15) is 18.4 Å². The first kappa shape index (κ1) is 29.3. The van der Waals surface area contributed by atoms with Crippen LogP contribution in [0, 0.1) is 11.6 Å². The van der Waals surface area contributed by atoms with Crippen molar-refractivity contribution in [3.8, 4) is 23.3 Å². The van der Waals surface area contributed by atoms with Crippen LogP contribution in [-0.2, 0) is 0 Å². The van der Waals surface area contributed by atoms with Crippen LogP contribution >= 0.6 is 58.0 Å². The van der Waals surface area contributed by atoms with Gasteiger partial charge in [0, 0.05) is 22.2 Å². The Kier molecular flexibility index (Phi) is 10.1. The summed E-state index contributed by atoms with van der Waals surface area (Å²) in [6, 6.07) is 10.7. The second-order valence-corrected chi connectivity index (χ2v) is 8.98. The van der Waals surface area contributed by atoms with E-state index in [4.69, 9.17) is 72.6 Å². The van der Waals surface area contributed by atoms with Crippen LogP contribution in [0.5, 0.6) is 23.3 Å². The average Bonchev–Trinajstić information content (AvgIpc) is 2.86. The summed E-state index contributed by atoms with van der Waals surface area (Å²) in [6.07, 6.45) is 1.75. The maximum Gasteiger partial charge on any atom is 0.341 e. The molecule has 4 rings (SSSR count). The summed E-state index contributed by atoms with van der Waals surface area (Å²) in [4.78, 5) is 29.4. The summed E-state index contributed by atoms with van der Waals surface area (Å²) in [5.41, 5.74) is -0.603. The number of benzene rings is 2. The van der Waals surface area contributed by atoms with E-state index in [1.807, 2.05) is 0 Å². The van der Waals surface area contributed by atoms with E-state index in [0.717, 1.165) is 24.5 Å². The van der Waals surface area contributed by atoms with Crippen LogP contribution in [0.15, 0.2) is 60.9 Å². The molecule has 0 aliphatic heterocycles. The number of hydrogen-bond acceptors (Lipinski definition) is 6. The number of pyridine rings is 2. The van der Waals surface area contributed by atoms with E-state index in [0.29, 0.717) is 10.0 Å². The minimum Gasteiger partial charge on any atom is -0.477 e. The normalized spacial score (nSPS) is 10.3. The molecule has 4 aromatic rings. The van der Waals surface area contributed by atoms with Crippen LogP contribution in [0.2, 0.25) is 20.1 Å². The molecule has 0 radical (unpaired) electrons. The highest BCUT2D eigenvalue weighted by atomic mass is 35.5. The Bertz CT molecular complexity index is 1410. The van der Waals surface area contributed by atoms with E-state index in [-0.39, 0.29) is 38.9 Å². The van der Waals surface area contributed by atoms with Gasteiger partial charge in [0.1, 0.15) is 28.7 Å². The van der Waals surface area contributed by atoms with Crippen molar-refractivity contribution in [1.82, 2.24) is 9.97 Å². The van der Waals surface area contributed by atoms with E-state index < -0.39 is 28.4 Å². The molecule has 0 amide bonds. The number of hydrogen-bond donors (Lipinski definition) is 1. The molecular weight excluding hydrogens is 612 g/mol. The third kappa shape index (κ3) is 7.89. The molecule has 0 unspecified atom stereocenters. The largest absolute Gasteiger partial charge is 0.477 e. The molecule has 2 heterocycles. The molecule has 0 aliphatic carbocycles. The topological polar surface area (TPSA) is 98.6 Å². The molecule has 0 bridgehead atoms. The van der Waals surface area contributed by atoms with Crippen LogP contribution < -0.4 is 9.47 Å². The maximum atomic E-state index is 13.0. The lowest BCUT2D eigenvalue weighted by Crippen LogP contribution is -2.03. The molecular formula is C24H11Cl5F2N2O5. The average molecular weight is 623 g/mol. The third-order valence-corrected chi connectivity index (χ3v) is 5.58. The van der Waals surface area contributed by atoms with E-state index in [1.54, 1.807) is 12.1 Å². The van der Waals surface area contributed by atoms with Gasteiger partial charge in [-0.3, -0.25) is 4.79 Å². The first-order valence-corrected chi connectivity index (χ1v) is 11.8. The lowest BCUT2D eigenvalue weighted by molar-refractivity contribution is 0.0692. The molecule has 2 aromatic heterocycles. The van der Waals surface area contributed by atoms with Crippen molar-refractivity contribution in [2.45, 2.75) is 0 Å². The molecule has 1 N–H and O–H groups in total. The van der Waals surface area contributed by atoms with Gasteiger partial charge >= 0.3 is 5.97 Å². The number of aromatic carboxylic acids is 1. The van der Waals surface area contributed by atoms with Crippen LogP contribution in [0.25, 0.3) is 0 Å². The third-order valence-electron chi connectivity index (χ3n) is 4.28. The highest BCUT2D eigenvalue weighted by Crippen LogP contribution is 2.34. The lowest BCUT2D eigenvalue weighted by atomic mass is 10.2. The molecule has 38 heavy (non-hydrogen) atoms. The Morgan fingerprint density at radius 2 is 1.13 bits per heavy atom. The van der Waals surface area contributed by atoms with Crippen molar-refractivity contribution in [3.63, 3.8) is 0 Å². The van der Waals surface area contributed by atoms with E-state index in [2.05, 4.69) is 9.97 Å². The van der Waals surface area contributed by atoms with Crippen molar-refractivity contribution in [2.24, 2.45) is 0 Å². The zero-order valence-electron chi connectivity index (χ0n) is 18.4. The first-order chi connectivity index (χ1) is 17.9. The van der Waals surface area contributed by atoms with Crippen LogP contribution in [0.3, 0.4) is 0 Å². The van der Waals surface area contributed by atoms with Gasteiger partial charge in [-0.05, 0) is 48.0 Å².